The molecule has 0 saturated carbocycles. The lowest BCUT2D eigenvalue weighted by atomic mass is 10.0. The van der Waals surface area contributed by atoms with Crippen molar-refractivity contribution in [3.05, 3.63) is 29.8 Å². The van der Waals surface area contributed by atoms with Crippen LogP contribution in [0.25, 0.3) is 0 Å². The van der Waals surface area contributed by atoms with Crippen LogP contribution >= 0.6 is 11.8 Å². The van der Waals surface area contributed by atoms with E-state index in [1.54, 1.807) is 12.1 Å². The van der Waals surface area contributed by atoms with E-state index in [0.29, 0.717) is 11.3 Å². The summed E-state index contributed by atoms with van der Waals surface area (Å²) in [6, 6.07) is 2.77. The molecule has 10 nitrogen and oxygen atoms in total. The first-order chi connectivity index (χ1) is 14.1. The van der Waals surface area contributed by atoms with Crippen molar-refractivity contribution in [3.8, 4) is 5.75 Å². The molecule has 0 aliphatic rings. The van der Waals surface area contributed by atoms with E-state index in [9.17, 15) is 29.4 Å². The van der Waals surface area contributed by atoms with Gasteiger partial charge in [-0.2, -0.15) is 11.8 Å². The number of aliphatic carboxylic acids is 1. The Morgan fingerprint density at radius 2 is 1.63 bits per heavy atom. The van der Waals surface area contributed by atoms with Crippen LogP contribution in [0.1, 0.15) is 24.8 Å². The molecule has 1 aromatic carbocycles. The van der Waals surface area contributed by atoms with Crippen molar-refractivity contribution in [2.45, 2.75) is 43.8 Å². The molecule has 166 valence electrons. The average Bonchev–Trinajstić information content (AvgIpc) is 2.69. The maximum absolute atomic E-state index is 12.8. The van der Waals surface area contributed by atoms with E-state index < -0.39 is 41.8 Å². The zero-order valence-corrected chi connectivity index (χ0v) is 17.5. The van der Waals surface area contributed by atoms with Gasteiger partial charge < -0.3 is 32.3 Å². The zero-order valence-electron chi connectivity index (χ0n) is 16.7. The van der Waals surface area contributed by atoms with Gasteiger partial charge in [-0.3, -0.25) is 14.4 Å². The Kier molecular flexibility index (Phi) is 10.7. The fraction of sp³-hybridized carbons (Fsp3) is 0.474. The van der Waals surface area contributed by atoms with Crippen molar-refractivity contribution >= 4 is 35.5 Å². The Bertz CT molecular complexity index is 743. The lowest BCUT2D eigenvalue weighted by Crippen LogP contribution is -2.55. The molecule has 0 bridgehead atoms. The minimum atomic E-state index is -1.18. The topological polar surface area (TPSA) is 185 Å². The van der Waals surface area contributed by atoms with Gasteiger partial charge in [0.2, 0.25) is 17.7 Å². The summed E-state index contributed by atoms with van der Waals surface area (Å²) in [7, 11) is 0. The summed E-state index contributed by atoms with van der Waals surface area (Å²) in [6.45, 7) is 0. The Morgan fingerprint density at radius 3 is 2.17 bits per heavy atom. The predicted octanol–water partition coefficient (Wildman–Crippen LogP) is -0.665. The van der Waals surface area contributed by atoms with Gasteiger partial charge in [0.25, 0.3) is 0 Å². The van der Waals surface area contributed by atoms with Crippen LogP contribution in [0.3, 0.4) is 0 Å². The third-order valence-corrected chi connectivity index (χ3v) is 4.92. The van der Waals surface area contributed by atoms with Crippen LogP contribution in [0.2, 0.25) is 0 Å². The molecule has 8 N–H and O–H groups in total. The number of carboxylic acid groups (broad SMARTS) is 1. The number of phenolic OH excluding ortho intramolecular Hbond substituents is 1. The fourth-order valence-electron chi connectivity index (χ4n) is 2.55. The molecule has 0 heterocycles. The third-order valence-electron chi connectivity index (χ3n) is 4.27. The highest BCUT2D eigenvalue weighted by Gasteiger charge is 2.28. The van der Waals surface area contributed by atoms with Gasteiger partial charge in [-0.15, -0.1) is 0 Å². The van der Waals surface area contributed by atoms with Gasteiger partial charge >= 0.3 is 5.97 Å². The molecule has 1 aromatic rings. The van der Waals surface area contributed by atoms with E-state index in [0.717, 1.165) is 0 Å². The van der Waals surface area contributed by atoms with Gasteiger partial charge in [0.1, 0.15) is 17.8 Å². The molecular formula is C19H28N4O6S. The highest BCUT2D eigenvalue weighted by molar-refractivity contribution is 7.98. The number of nitrogens with one attached hydrogen (secondary N) is 2. The van der Waals surface area contributed by atoms with Gasteiger partial charge in [0.15, 0.2) is 0 Å². The van der Waals surface area contributed by atoms with Gasteiger partial charge in [0, 0.05) is 12.8 Å². The minimum absolute atomic E-state index is 0.0141. The summed E-state index contributed by atoms with van der Waals surface area (Å²) >= 11 is 1.45. The summed E-state index contributed by atoms with van der Waals surface area (Å²) in [5.74, 6) is -2.54. The monoisotopic (exact) mass is 440 g/mol. The van der Waals surface area contributed by atoms with Crippen LogP contribution in [0, 0.1) is 0 Å². The molecule has 1 rings (SSSR count). The third kappa shape index (κ3) is 9.14. The number of primary amides is 1. The Hall–Kier alpha value is -2.79. The molecule has 0 aliphatic heterocycles. The molecule has 11 heteroatoms. The van der Waals surface area contributed by atoms with E-state index in [-0.39, 0.29) is 31.4 Å². The Balaban J connectivity index is 2.93. The van der Waals surface area contributed by atoms with Crippen LogP contribution in [0.4, 0.5) is 0 Å². The number of aromatic hydroxyl groups is 1. The summed E-state index contributed by atoms with van der Waals surface area (Å²) < 4.78 is 0. The second-order valence-corrected chi connectivity index (χ2v) is 7.71. The van der Waals surface area contributed by atoms with E-state index in [1.807, 2.05) is 6.26 Å². The molecule has 0 aliphatic carbocycles. The number of thioether (sulfide) groups is 1. The van der Waals surface area contributed by atoms with Gasteiger partial charge in [0.05, 0.1) is 6.04 Å². The number of carbonyl (C=O) groups excluding carboxylic acids is 3. The molecule has 3 atom stereocenters. The maximum atomic E-state index is 12.8. The highest BCUT2D eigenvalue weighted by Crippen LogP contribution is 2.12. The van der Waals surface area contributed by atoms with Crippen LogP contribution in [-0.4, -0.2) is 64.0 Å². The number of amides is 3. The lowest BCUT2D eigenvalue weighted by Gasteiger charge is -2.23. The fourth-order valence-corrected chi connectivity index (χ4v) is 3.02. The van der Waals surface area contributed by atoms with Crippen LogP contribution in [0.5, 0.6) is 5.75 Å². The van der Waals surface area contributed by atoms with Gasteiger partial charge in [-0.25, -0.2) is 4.79 Å². The smallest absolute Gasteiger partial charge is 0.326 e. The molecule has 0 saturated heterocycles. The lowest BCUT2D eigenvalue weighted by molar-refractivity contribution is -0.142. The van der Waals surface area contributed by atoms with Gasteiger partial charge in [-0.1, -0.05) is 12.1 Å². The van der Waals surface area contributed by atoms with E-state index in [4.69, 9.17) is 11.5 Å². The van der Waals surface area contributed by atoms with Crippen LogP contribution in [0.15, 0.2) is 24.3 Å². The first-order valence-electron chi connectivity index (χ1n) is 9.28. The second kappa shape index (κ2) is 12.7. The molecule has 0 fully saturated rings. The molecule has 3 unspecified atom stereocenters. The number of hydrogen-bond acceptors (Lipinski definition) is 7. The van der Waals surface area contributed by atoms with Gasteiger partial charge in [-0.05, 0) is 42.5 Å². The molecule has 0 aromatic heterocycles. The van der Waals surface area contributed by atoms with Crippen molar-refractivity contribution in [2.75, 3.05) is 12.0 Å². The number of hydrogen-bond donors (Lipinski definition) is 6. The highest BCUT2D eigenvalue weighted by atomic mass is 32.2. The minimum Gasteiger partial charge on any atom is -0.508 e. The summed E-state index contributed by atoms with van der Waals surface area (Å²) in [5, 5.41) is 23.7. The number of rotatable bonds is 13. The summed E-state index contributed by atoms with van der Waals surface area (Å²) in [5.41, 5.74) is 11.5. The Labute approximate surface area is 178 Å². The summed E-state index contributed by atoms with van der Waals surface area (Å²) in [4.78, 5) is 47.5. The molecule has 30 heavy (non-hydrogen) atoms. The first-order valence-corrected chi connectivity index (χ1v) is 10.7. The molecule has 0 radical (unpaired) electrons. The van der Waals surface area contributed by atoms with E-state index >= 15 is 0 Å². The summed E-state index contributed by atoms with van der Waals surface area (Å²) in [6.07, 6.45) is 2.02. The van der Waals surface area contributed by atoms with Crippen molar-refractivity contribution < 1.29 is 29.4 Å². The standard InChI is InChI=1S/C19H28N4O6S/c1-30-9-8-14(19(28)29)22-18(27)15(10-11-2-4-12(24)5-3-11)23-17(26)13(20)6-7-16(21)25/h2-5,13-15,24H,6-10,20H2,1H3,(H2,21,25)(H,22,27)(H,23,26)(H,28,29). The maximum Gasteiger partial charge on any atom is 0.326 e. The van der Waals surface area contributed by atoms with E-state index in [2.05, 4.69) is 10.6 Å². The number of phenols is 1. The quantitative estimate of drug-likeness (QED) is 0.233. The zero-order chi connectivity index (χ0) is 22.7. The first kappa shape index (κ1) is 25.2. The average molecular weight is 441 g/mol. The Morgan fingerprint density at radius 1 is 1.03 bits per heavy atom. The number of benzene rings is 1. The predicted molar refractivity (Wildman–Crippen MR) is 113 cm³/mol. The van der Waals surface area contributed by atoms with Crippen molar-refractivity contribution in [1.29, 1.82) is 0 Å². The number of carbonyl (C=O) groups is 4. The molecular weight excluding hydrogens is 412 g/mol. The normalized spacial score (nSPS) is 13.7. The largest absolute Gasteiger partial charge is 0.508 e. The number of nitrogens with two attached hydrogens (primary N) is 2. The van der Waals surface area contributed by atoms with Crippen molar-refractivity contribution in [2.24, 2.45) is 11.5 Å². The van der Waals surface area contributed by atoms with E-state index in [1.165, 1.54) is 23.9 Å². The van der Waals surface area contributed by atoms with Crippen molar-refractivity contribution in [3.63, 3.8) is 0 Å². The van der Waals surface area contributed by atoms with Crippen molar-refractivity contribution in [1.82, 2.24) is 10.6 Å². The van der Waals surface area contributed by atoms with Crippen LogP contribution in [-0.2, 0) is 25.6 Å². The second-order valence-electron chi connectivity index (χ2n) is 6.72. The number of carboxylic acids is 1. The van der Waals surface area contributed by atoms with Crippen LogP contribution < -0.4 is 22.1 Å². The SMILES string of the molecule is CSCCC(NC(=O)C(Cc1ccc(O)cc1)NC(=O)C(N)CCC(N)=O)C(=O)O. The molecule has 0 spiro atoms. The molecule has 3 amide bonds.